The molecule has 0 unspecified atom stereocenters. The second kappa shape index (κ2) is 8.90. The van der Waals surface area contributed by atoms with E-state index in [1.165, 1.54) is 0 Å². The number of unbranched alkanes of at least 4 members (excludes halogenated alkanes) is 1. The van der Waals surface area contributed by atoms with Gasteiger partial charge in [0.2, 0.25) is 5.78 Å². The van der Waals surface area contributed by atoms with Crippen molar-refractivity contribution in [3.05, 3.63) is 11.6 Å². The van der Waals surface area contributed by atoms with Crippen LogP contribution in [0.4, 0.5) is 0 Å². The number of allylic oxidation sites excluding steroid dienone is 1. The van der Waals surface area contributed by atoms with Gasteiger partial charge in [0.1, 0.15) is 5.60 Å². The van der Waals surface area contributed by atoms with Crippen molar-refractivity contribution >= 4 is 17.5 Å². The van der Waals surface area contributed by atoms with Crippen molar-refractivity contribution in [1.82, 2.24) is 0 Å². The normalized spacial score (nSPS) is 42.1. The highest BCUT2D eigenvalue weighted by Gasteiger charge is 2.68. The summed E-state index contributed by atoms with van der Waals surface area (Å²) in [5.74, 6) is -0.409. The third-order valence-corrected chi connectivity index (χ3v) is 9.71. The van der Waals surface area contributed by atoms with Crippen LogP contribution in [0.2, 0.25) is 0 Å². The van der Waals surface area contributed by atoms with E-state index in [1.807, 2.05) is 6.92 Å². The van der Waals surface area contributed by atoms with E-state index in [1.54, 1.807) is 6.08 Å². The molecule has 7 atom stereocenters. The molecule has 3 saturated carbocycles. The van der Waals surface area contributed by atoms with Crippen molar-refractivity contribution in [2.24, 2.45) is 34.3 Å². The molecule has 0 heterocycles. The third-order valence-electron chi connectivity index (χ3n) is 9.71. The van der Waals surface area contributed by atoms with Crippen LogP contribution in [0.3, 0.4) is 0 Å². The lowest BCUT2D eigenvalue weighted by Gasteiger charge is -2.60. The molecule has 4 aliphatic rings. The molecule has 7 nitrogen and oxygen atoms in total. The third kappa shape index (κ3) is 3.90. The fourth-order valence-electron chi connectivity index (χ4n) is 7.90. The molecule has 0 bridgehead atoms. The molecule has 7 heteroatoms. The van der Waals surface area contributed by atoms with Crippen LogP contribution in [0.15, 0.2) is 11.6 Å². The Morgan fingerprint density at radius 1 is 1.18 bits per heavy atom. The average Bonchev–Trinajstić information content (AvgIpc) is 3.03. The van der Waals surface area contributed by atoms with Crippen LogP contribution < -0.4 is 5.73 Å². The van der Waals surface area contributed by atoms with E-state index in [9.17, 15) is 24.6 Å². The van der Waals surface area contributed by atoms with E-state index >= 15 is 0 Å². The van der Waals surface area contributed by atoms with Gasteiger partial charge in [-0.1, -0.05) is 19.4 Å². The number of nitrogens with two attached hydrogens (primary N) is 1. The highest BCUT2D eigenvalue weighted by molar-refractivity contribution is 5.92. The molecule has 4 aliphatic carbocycles. The van der Waals surface area contributed by atoms with Gasteiger partial charge >= 0.3 is 5.97 Å². The number of ketones is 2. The minimum atomic E-state index is -1.61. The second-order valence-corrected chi connectivity index (χ2v) is 11.3. The number of aliphatic hydroxyl groups is 2. The molecule has 0 saturated heterocycles. The molecule has 0 aliphatic heterocycles. The second-order valence-electron chi connectivity index (χ2n) is 11.3. The summed E-state index contributed by atoms with van der Waals surface area (Å²) in [5.41, 5.74) is 4.02. The van der Waals surface area contributed by atoms with Crippen molar-refractivity contribution in [3.8, 4) is 0 Å². The topological polar surface area (TPSA) is 127 Å². The summed E-state index contributed by atoms with van der Waals surface area (Å²) < 4.78 is 5.19. The largest absolute Gasteiger partial charge is 0.458 e. The summed E-state index contributed by atoms with van der Waals surface area (Å²) in [6, 6.07) is 0. The van der Waals surface area contributed by atoms with Gasteiger partial charge in [-0.15, -0.1) is 0 Å². The van der Waals surface area contributed by atoms with Gasteiger partial charge in [-0.05, 0) is 87.2 Å². The Balaban J connectivity index is 1.51. The lowest BCUT2D eigenvalue weighted by Crippen LogP contribution is -2.62. The predicted octanol–water partition coefficient (Wildman–Crippen LogP) is 2.46. The highest BCUT2D eigenvalue weighted by atomic mass is 16.5. The maximum Gasteiger partial charge on any atom is 0.306 e. The number of rotatable bonds is 7. The monoisotopic (exact) mass is 461 g/mol. The zero-order valence-electron chi connectivity index (χ0n) is 20.0. The summed E-state index contributed by atoms with van der Waals surface area (Å²) in [5, 5.41) is 23.1. The highest BCUT2D eigenvalue weighted by Crippen LogP contribution is 2.67. The van der Waals surface area contributed by atoms with Crippen LogP contribution in [-0.2, 0) is 19.1 Å². The Labute approximate surface area is 196 Å². The summed E-state index contributed by atoms with van der Waals surface area (Å²) in [6.45, 7) is 4.19. The molecule has 0 aromatic carbocycles. The fraction of sp³-hybridized carbons (Fsp3) is 0.808. The summed E-state index contributed by atoms with van der Waals surface area (Å²) >= 11 is 0. The van der Waals surface area contributed by atoms with E-state index in [2.05, 4.69) is 6.92 Å². The van der Waals surface area contributed by atoms with Crippen molar-refractivity contribution in [3.63, 3.8) is 0 Å². The van der Waals surface area contributed by atoms with Crippen LogP contribution >= 0.6 is 0 Å². The van der Waals surface area contributed by atoms with Crippen molar-refractivity contribution in [2.75, 3.05) is 13.2 Å². The predicted molar refractivity (Wildman–Crippen MR) is 122 cm³/mol. The molecule has 4 N–H and O–H groups in total. The molecule has 0 aromatic heterocycles. The van der Waals surface area contributed by atoms with E-state index in [0.717, 1.165) is 31.3 Å². The first-order valence-electron chi connectivity index (χ1n) is 12.6. The number of aliphatic hydroxyl groups excluding tert-OH is 1. The van der Waals surface area contributed by atoms with E-state index in [0.29, 0.717) is 38.6 Å². The van der Waals surface area contributed by atoms with E-state index in [-0.39, 0.29) is 35.4 Å². The molecular weight excluding hydrogens is 422 g/mol. The maximum atomic E-state index is 13.2. The van der Waals surface area contributed by atoms with Crippen LogP contribution in [0, 0.1) is 28.6 Å². The Morgan fingerprint density at radius 3 is 2.67 bits per heavy atom. The zero-order valence-corrected chi connectivity index (χ0v) is 20.0. The minimum absolute atomic E-state index is 0.0292. The Hall–Kier alpha value is -1.57. The molecular formula is C26H39NO6. The van der Waals surface area contributed by atoms with Gasteiger partial charge in [-0.3, -0.25) is 14.4 Å². The van der Waals surface area contributed by atoms with Gasteiger partial charge in [-0.2, -0.15) is 0 Å². The fourth-order valence-corrected chi connectivity index (χ4v) is 7.90. The first kappa shape index (κ1) is 24.6. The molecule has 0 spiro atoms. The average molecular weight is 462 g/mol. The zero-order chi connectivity index (χ0) is 24.0. The van der Waals surface area contributed by atoms with Crippen LogP contribution in [-0.4, -0.2) is 52.6 Å². The number of carbonyl (C=O) groups is 3. The van der Waals surface area contributed by atoms with Crippen molar-refractivity contribution < 1.29 is 29.3 Å². The molecule has 0 amide bonds. The molecule has 184 valence electrons. The molecule has 3 fully saturated rings. The maximum absolute atomic E-state index is 13.2. The first-order valence-corrected chi connectivity index (χ1v) is 12.6. The van der Waals surface area contributed by atoms with Crippen LogP contribution in [0.5, 0.6) is 0 Å². The number of fused-ring (bicyclic) bond motifs is 5. The van der Waals surface area contributed by atoms with E-state index in [4.69, 9.17) is 10.5 Å². The van der Waals surface area contributed by atoms with Gasteiger partial charge < -0.3 is 20.7 Å². The Kier molecular flexibility index (Phi) is 6.62. The standard InChI is InChI=1S/C26H39NO6/c1-24-10-8-17(28)13-16(24)6-7-18-19-9-11-26(32,25(19,2)14-20(29)23(18)24)21(30)15-33-22(31)5-3-4-12-27/h13,18-20,23,29,32H,3-12,14-15,27H2,1-2H3/t18-,19-,20-,23+,24-,25-,26-/m0/s1. The number of hydrogen-bond acceptors (Lipinski definition) is 7. The summed E-state index contributed by atoms with van der Waals surface area (Å²) in [7, 11) is 0. The van der Waals surface area contributed by atoms with Crippen molar-refractivity contribution in [1.29, 1.82) is 0 Å². The number of ether oxygens (including phenoxy) is 1. The van der Waals surface area contributed by atoms with Gasteiger partial charge in [0.15, 0.2) is 12.4 Å². The Bertz CT molecular complexity index is 854. The van der Waals surface area contributed by atoms with Gasteiger partial charge in [0.25, 0.3) is 0 Å². The lowest BCUT2D eigenvalue weighted by atomic mass is 9.45. The van der Waals surface area contributed by atoms with Gasteiger partial charge in [0.05, 0.1) is 6.10 Å². The van der Waals surface area contributed by atoms with Crippen LogP contribution in [0.1, 0.15) is 78.1 Å². The number of carbonyl (C=O) groups excluding carboxylic acids is 3. The van der Waals surface area contributed by atoms with Gasteiger partial charge in [-0.25, -0.2) is 0 Å². The lowest BCUT2D eigenvalue weighted by molar-refractivity contribution is -0.184. The summed E-state index contributed by atoms with van der Waals surface area (Å²) in [6.07, 6.45) is 7.01. The smallest absolute Gasteiger partial charge is 0.306 e. The number of hydrogen-bond donors (Lipinski definition) is 3. The van der Waals surface area contributed by atoms with Gasteiger partial charge in [0, 0.05) is 18.3 Å². The molecule has 33 heavy (non-hydrogen) atoms. The van der Waals surface area contributed by atoms with Crippen LogP contribution in [0.25, 0.3) is 0 Å². The molecule has 0 radical (unpaired) electrons. The summed E-state index contributed by atoms with van der Waals surface area (Å²) in [4.78, 5) is 37.2. The number of esters is 1. The van der Waals surface area contributed by atoms with E-state index < -0.39 is 35.5 Å². The Morgan fingerprint density at radius 2 is 1.94 bits per heavy atom. The quantitative estimate of drug-likeness (QED) is 0.393. The molecule has 0 aromatic rings. The number of Topliss-reactive ketones (excluding diaryl/α,β-unsaturated/α-hetero) is 1. The van der Waals surface area contributed by atoms with Crippen molar-refractivity contribution in [2.45, 2.75) is 89.8 Å². The SMILES string of the molecule is C[C@]12CCC(=O)C=C1CC[C@@H]1[C@@H]2[C@@H](O)C[C@@]2(C)[C@H]1CC[C@]2(O)C(=O)COC(=O)CCCCN. The molecule has 4 rings (SSSR count). The first-order chi connectivity index (χ1) is 15.6. The minimum Gasteiger partial charge on any atom is -0.458 e.